The van der Waals surface area contributed by atoms with Crippen molar-refractivity contribution in [1.82, 2.24) is 13.5 Å². The molecule has 0 N–H and O–H groups in total. The van der Waals surface area contributed by atoms with E-state index in [0.29, 0.717) is 54.2 Å². The zero-order valence-electron chi connectivity index (χ0n) is 24.6. The number of likely N-dealkylation sites (tertiary alicyclic amines) is 1. The summed E-state index contributed by atoms with van der Waals surface area (Å²) in [6, 6.07) is 3.50. The highest BCUT2D eigenvalue weighted by Crippen LogP contribution is 2.47. The molecule has 1 unspecified atom stereocenters. The van der Waals surface area contributed by atoms with Crippen LogP contribution in [0.15, 0.2) is 17.0 Å². The fourth-order valence-electron chi connectivity index (χ4n) is 7.72. The number of hydrogen-bond donors (Lipinski definition) is 0. The van der Waals surface area contributed by atoms with E-state index in [4.69, 9.17) is 4.74 Å². The van der Waals surface area contributed by atoms with Crippen molar-refractivity contribution in [3.8, 4) is 5.75 Å². The number of nitrogens with zero attached hydrogens (tertiary/aromatic N) is 3. The zero-order valence-corrected chi connectivity index (χ0v) is 26.2. The fraction of sp³-hybridized carbons (Fsp3) is 0.793. The summed E-state index contributed by atoms with van der Waals surface area (Å²) < 4.78 is 88.8. The normalized spacial score (nSPS) is 26.3. The van der Waals surface area contributed by atoms with Crippen LogP contribution in [0.2, 0.25) is 0 Å². The fourth-order valence-corrected chi connectivity index (χ4v) is 11.4. The van der Waals surface area contributed by atoms with E-state index in [1.165, 1.54) is 0 Å². The molecule has 232 valence electrons. The van der Waals surface area contributed by atoms with Crippen LogP contribution in [0.25, 0.3) is 0 Å². The second kappa shape index (κ2) is 11.6. The van der Waals surface area contributed by atoms with E-state index in [2.05, 4.69) is 0 Å². The van der Waals surface area contributed by atoms with Gasteiger partial charge in [0.1, 0.15) is 5.75 Å². The minimum Gasteiger partial charge on any atom is -0.497 e. The predicted octanol–water partition coefficient (Wildman–Crippen LogP) is 4.55. The van der Waals surface area contributed by atoms with Crippen molar-refractivity contribution >= 4 is 20.0 Å². The summed E-state index contributed by atoms with van der Waals surface area (Å²) in [6.45, 7) is 4.78. The van der Waals surface area contributed by atoms with Gasteiger partial charge in [0.05, 0.1) is 30.8 Å². The Morgan fingerprint density at radius 1 is 0.927 bits per heavy atom. The molecule has 0 aromatic heterocycles. The Hall–Kier alpha value is -1.34. The average molecular weight is 618 g/mol. The maximum Gasteiger partial charge on any atom is 0.272 e. The highest BCUT2D eigenvalue weighted by Gasteiger charge is 2.49. The maximum absolute atomic E-state index is 13.7. The quantitative estimate of drug-likeness (QED) is 0.404. The summed E-state index contributed by atoms with van der Waals surface area (Å²) in [7, 11) is -5.58. The van der Waals surface area contributed by atoms with Gasteiger partial charge in [-0.15, -0.1) is 0 Å². The summed E-state index contributed by atoms with van der Waals surface area (Å²) >= 11 is 0. The lowest BCUT2D eigenvalue weighted by Gasteiger charge is -2.50. The highest BCUT2D eigenvalue weighted by atomic mass is 32.2. The minimum absolute atomic E-state index is 0.0240. The number of halogens is 2. The summed E-state index contributed by atoms with van der Waals surface area (Å²) in [5.41, 5.74) is 1.42. The van der Waals surface area contributed by atoms with Gasteiger partial charge in [-0.05, 0) is 107 Å². The molecule has 1 aromatic rings. The summed E-state index contributed by atoms with van der Waals surface area (Å²) in [4.78, 5) is 2.22. The number of methoxy groups -OCH3 is 1. The zero-order chi connectivity index (χ0) is 29.6. The van der Waals surface area contributed by atoms with Gasteiger partial charge in [0.25, 0.3) is 5.92 Å². The smallest absolute Gasteiger partial charge is 0.272 e. The molecular formula is C29H45F2N3O5S2. The second-order valence-electron chi connectivity index (χ2n) is 12.9. The second-order valence-corrected chi connectivity index (χ2v) is 16.8. The van der Waals surface area contributed by atoms with Crippen molar-refractivity contribution in [3.63, 3.8) is 0 Å². The molecule has 41 heavy (non-hydrogen) atoms. The van der Waals surface area contributed by atoms with Crippen LogP contribution in [-0.4, -0.2) is 93.9 Å². The molecule has 1 aromatic carbocycles. The van der Waals surface area contributed by atoms with Gasteiger partial charge in [-0.1, -0.05) is 0 Å². The monoisotopic (exact) mass is 617 g/mol. The van der Waals surface area contributed by atoms with Gasteiger partial charge in [0.15, 0.2) is 0 Å². The Bertz CT molecular complexity index is 1290. The molecule has 12 heteroatoms. The molecule has 0 bridgehead atoms. The van der Waals surface area contributed by atoms with Crippen LogP contribution in [0.5, 0.6) is 5.75 Å². The van der Waals surface area contributed by atoms with E-state index in [1.54, 1.807) is 41.7 Å². The van der Waals surface area contributed by atoms with Gasteiger partial charge < -0.3 is 4.74 Å². The molecule has 8 nitrogen and oxygen atoms in total. The van der Waals surface area contributed by atoms with E-state index in [0.717, 1.165) is 51.4 Å². The van der Waals surface area contributed by atoms with Crippen LogP contribution >= 0.6 is 0 Å². The van der Waals surface area contributed by atoms with E-state index in [1.807, 2.05) is 4.90 Å². The van der Waals surface area contributed by atoms with Crippen molar-refractivity contribution < 1.29 is 30.4 Å². The number of rotatable bonds is 9. The molecule has 3 saturated heterocycles. The lowest BCUT2D eigenvalue weighted by molar-refractivity contribution is -0.153. The van der Waals surface area contributed by atoms with Crippen LogP contribution in [-0.2, 0) is 20.0 Å². The summed E-state index contributed by atoms with van der Waals surface area (Å²) in [5.74, 6) is -1.89. The van der Waals surface area contributed by atoms with Crippen molar-refractivity contribution in [3.05, 3.63) is 23.3 Å². The van der Waals surface area contributed by atoms with Crippen LogP contribution < -0.4 is 4.74 Å². The molecule has 1 atom stereocenters. The first-order valence-corrected chi connectivity index (χ1v) is 18.1. The van der Waals surface area contributed by atoms with Crippen molar-refractivity contribution in [2.24, 2.45) is 5.41 Å². The van der Waals surface area contributed by atoms with Crippen LogP contribution in [0.4, 0.5) is 8.78 Å². The van der Waals surface area contributed by atoms with Crippen LogP contribution in [0.1, 0.15) is 75.3 Å². The largest absolute Gasteiger partial charge is 0.497 e. The number of hydrogen-bond acceptors (Lipinski definition) is 6. The van der Waals surface area contributed by atoms with Gasteiger partial charge in [0.2, 0.25) is 20.0 Å². The first-order valence-electron chi connectivity index (χ1n) is 15.0. The predicted molar refractivity (Wildman–Crippen MR) is 154 cm³/mol. The third kappa shape index (κ3) is 6.46. The molecule has 0 amide bonds. The molecule has 1 spiro atoms. The molecule has 4 aliphatic rings. The number of benzene rings is 1. The first-order chi connectivity index (χ1) is 19.3. The third-order valence-electron chi connectivity index (χ3n) is 10.1. The van der Waals surface area contributed by atoms with E-state index >= 15 is 0 Å². The average Bonchev–Trinajstić information content (AvgIpc) is 3.37. The van der Waals surface area contributed by atoms with Gasteiger partial charge in [-0.25, -0.2) is 29.9 Å². The maximum atomic E-state index is 13.7. The van der Waals surface area contributed by atoms with Gasteiger partial charge in [0, 0.05) is 31.7 Å². The first kappa shape index (κ1) is 31.1. The SMILES string of the molecule is COc1cc(C)c(S(=O)(=O)N2CCCC2CCCS(=O)(=O)N2CCC3(CCC(N4CC(F)(F)C4)CC3)CC2)c(C)c1. The molecule has 1 aliphatic carbocycles. The number of alkyl halides is 2. The van der Waals surface area contributed by atoms with E-state index in [-0.39, 0.29) is 36.3 Å². The van der Waals surface area contributed by atoms with Crippen LogP contribution in [0, 0.1) is 19.3 Å². The Morgan fingerprint density at radius 2 is 1.54 bits per heavy atom. The number of piperidine rings is 1. The lowest BCUT2D eigenvalue weighted by atomic mass is 9.67. The Balaban J connectivity index is 1.11. The third-order valence-corrected chi connectivity index (χ3v) is 14.3. The highest BCUT2D eigenvalue weighted by molar-refractivity contribution is 7.89. The topological polar surface area (TPSA) is 87.2 Å². The molecule has 0 radical (unpaired) electrons. The molecule has 4 fully saturated rings. The number of sulfonamides is 2. The van der Waals surface area contributed by atoms with E-state index in [9.17, 15) is 25.6 Å². The van der Waals surface area contributed by atoms with Gasteiger partial charge >= 0.3 is 0 Å². The Labute approximate surface area is 244 Å². The summed E-state index contributed by atoms with van der Waals surface area (Å²) in [5, 5.41) is 0. The van der Waals surface area contributed by atoms with Crippen molar-refractivity contribution in [1.29, 1.82) is 0 Å². The molecule has 5 rings (SSSR count). The van der Waals surface area contributed by atoms with Crippen LogP contribution in [0.3, 0.4) is 0 Å². The number of aryl methyl sites for hydroxylation is 2. The Morgan fingerprint density at radius 3 is 2.10 bits per heavy atom. The summed E-state index contributed by atoms with van der Waals surface area (Å²) in [6.07, 6.45) is 7.87. The lowest BCUT2D eigenvalue weighted by Crippen LogP contribution is -2.61. The molecular weight excluding hydrogens is 572 g/mol. The van der Waals surface area contributed by atoms with Crippen molar-refractivity contribution in [2.45, 2.75) is 101 Å². The molecule has 3 heterocycles. The minimum atomic E-state index is -3.71. The van der Waals surface area contributed by atoms with Gasteiger partial charge in [-0.3, -0.25) is 4.90 Å². The Kier molecular flexibility index (Phi) is 8.82. The number of ether oxygens (including phenoxy) is 1. The molecule has 3 aliphatic heterocycles. The van der Waals surface area contributed by atoms with E-state index < -0.39 is 26.0 Å². The van der Waals surface area contributed by atoms with Crippen molar-refractivity contribution in [2.75, 3.05) is 45.6 Å². The standard InChI is InChI=1S/C29H45F2N3O5S2/c1-22-18-26(39-3)19-23(2)27(22)41(37,38)34-14-4-6-25(34)7-5-17-40(35,36)33-15-12-28(13-16-33)10-8-24(9-11-28)32-20-29(30,31)21-32/h18-19,24-25H,4-17,20-21H2,1-3H3. The molecule has 1 saturated carbocycles. The van der Waals surface area contributed by atoms with Gasteiger partial charge in [-0.2, -0.15) is 4.31 Å².